The number of amides is 1. The predicted octanol–water partition coefficient (Wildman–Crippen LogP) is -0.296. The minimum atomic E-state index is 0.0209. The number of likely N-dealkylation sites (tertiary alicyclic amines) is 1. The van der Waals surface area contributed by atoms with Gasteiger partial charge in [0, 0.05) is 18.9 Å². The third-order valence-corrected chi connectivity index (χ3v) is 5.66. The number of aryl methyl sites for hydroxylation is 1. The fraction of sp³-hybridized carbons (Fsp3) is 0.650. The molecule has 4 nitrogen and oxygen atoms in total. The molecule has 1 heterocycles. The number of hydrogen-bond acceptors (Lipinski definition) is 1. The standard InChI is InChI=1S/C20H33N3O/c1-16(10-11-18-8-6-5-7-9-18)21-20(24)17(2)23(4)19-12-14-22(3)15-13-19/h5-9,16-17,19H,10-15H2,1-4H3,(H,21,24)/p+2/t16-,17+/m1/s1. The molecule has 3 atom stereocenters. The molecular weight excluding hydrogens is 298 g/mol. The van der Waals surface area contributed by atoms with E-state index in [0.717, 1.165) is 12.8 Å². The second-order valence-electron chi connectivity index (χ2n) is 7.63. The first-order valence-corrected chi connectivity index (χ1v) is 9.46. The Labute approximate surface area is 147 Å². The van der Waals surface area contributed by atoms with Gasteiger partial charge in [-0.2, -0.15) is 0 Å². The Morgan fingerprint density at radius 2 is 1.88 bits per heavy atom. The molecule has 0 bridgehead atoms. The summed E-state index contributed by atoms with van der Waals surface area (Å²) in [4.78, 5) is 15.6. The highest BCUT2D eigenvalue weighted by Gasteiger charge is 2.32. The number of carbonyl (C=O) groups is 1. The van der Waals surface area contributed by atoms with Crippen molar-refractivity contribution in [3.8, 4) is 0 Å². The Morgan fingerprint density at radius 3 is 2.50 bits per heavy atom. The fourth-order valence-corrected chi connectivity index (χ4v) is 3.59. The molecule has 1 aromatic carbocycles. The molecule has 2 rings (SSSR count). The van der Waals surface area contributed by atoms with E-state index < -0.39 is 0 Å². The molecule has 0 radical (unpaired) electrons. The first-order chi connectivity index (χ1) is 11.5. The highest BCUT2D eigenvalue weighted by atomic mass is 16.2. The zero-order valence-corrected chi connectivity index (χ0v) is 15.8. The molecule has 0 aromatic heterocycles. The SMILES string of the molecule is C[C@H](CCc1ccccc1)NC(=O)[C@H](C)[NH+](C)C1CC[NH+](C)CC1. The van der Waals surface area contributed by atoms with E-state index in [2.05, 4.69) is 57.5 Å². The number of rotatable bonds is 7. The van der Waals surface area contributed by atoms with Gasteiger partial charge in [-0.15, -0.1) is 0 Å². The lowest BCUT2D eigenvalue weighted by molar-refractivity contribution is -0.948. The van der Waals surface area contributed by atoms with E-state index in [1.54, 1.807) is 4.90 Å². The topological polar surface area (TPSA) is 38.0 Å². The van der Waals surface area contributed by atoms with Gasteiger partial charge in [0.25, 0.3) is 5.91 Å². The van der Waals surface area contributed by atoms with Gasteiger partial charge in [0.2, 0.25) is 0 Å². The average Bonchev–Trinajstić information content (AvgIpc) is 2.60. The molecule has 0 spiro atoms. The van der Waals surface area contributed by atoms with Crippen LogP contribution in [0, 0.1) is 0 Å². The minimum absolute atomic E-state index is 0.0209. The molecule has 4 heteroatoms. The second kappa shape index (κ2) is 9.19. The van der Waals surface area contributed by atoms with Crippen LogP contribution in [0.5, 0.6) is 0 Å². The van der Waals surface area contributed by atoms with Crippen LogP contribution in [0.2, 0.25) is 0 Å². The second-order valence-corrected chi connectivity index (χ2v) is 7.63. The Balaban J connectivity index is 1.75. The molecule has 3 N–H and O–H groups in total. The summed E-state index contributed by atoms with van der Waals surface area (Å²) in [7, 11) is 4.44. The van der Waals surface area contributed by atoms with Crippen LogP contribution in [0.3, 0.4) is 0 Å². The first-order valence-electron chi connectivity index (χ1n) is 9.46. The Hall–Kier alpha value is -1.39. The number of carbonyl (C=O) groups excluding carboxylic acids is 1. The third kappa shape index (κ3) is 5.60. The van der Waals surface area contributed by atoms with Gasteiger partial charge in [-0.1, -0.05) is 30.3 Å². The lowest BCUT2D eigenvalue weighted by Gasteiger charge is -2.33. The number of benzene rings is 1. The van der Waals surface area contributed by atoms with Gasteiger partial charge < -0.3 is 15.1 Å². The highest BCUT2D eigenvalue weighted by molar-refractivity contribution is 5.80. The van der Waals surface area contributed by atoms with E-state index in [-0.39, 0.29) is 18.0 Å². The summed E-state index contributed by atoms with van der Waals surface area (Å²) in [6.07, 6.45) is 4.44. The molecule has 24 heavy (non-hydrogen) atoms. The van der Waals surface area contributed by atoms with Crippen molar-refractivity contribution in [2.45, 2.75) is 57.7 Å². The van der Waals surface area contributed by atoms with Gasteiger partial charge in [-0.05, 0) is 32.3 Å². The first kappa shape index (κ1) is 18.9. The maximum Gasteiger partial charge on any atom is 0.278 e. The van der Waals surface area contributed by atoms with Crippen molar-refractivity contribution in [2.75, 3.05) is 27.2 Å². The van der Waals surface area contributed by atoms with E-state index in [1.807, 2.05) is 6.07 Å². The molecule has 1 aromatic rings. The summed E-state index contributed by atoms with van der Waals surface area (Å²) in [5, 5.41) is 3.21. The van der Waals surface area contributed by atoms with Gasteiger partial charge in [0.15, 0.2) is 6.04 Å². The summed E-state index contributed by atoms with van der Waals surface area (Å²) in [5.74, 6) is 0.194. The molecule has 1 amide bonds. The summed E-state index contributed by atoms with van der Waals surface area (Å²) in [6, 6.07) is 11.3. The lowest BCUT2D eigenvalue weighted by atomic mass is 10.0. The van der Waals surface area contributed by atoms with E-state index in [4.69, 9.17) is 0 Å². The van der Waals surface area contributed by atoms with E-state index >= 15 is 0 Å². The van der Waals surface area contributed by atoms with Crippen molar-refractivity contribution in [1.82, 2.24) is 5.32 Å². The van der Waals surface area contributed by atoms with Crippen molar-refractivity contribution in [2.24, 2.45) is 0 Å². The predicted molar refractivity (Wildman–Crippen MR) is 98.4 cm³/mol. The Morgan fingerprint density at radius 1 is 1.25 bits per heavy atom. The van der Waals surface area contributed by atoms with Gasteiger partial charge in [0.1, 0.15) is 0 Å². The summed E-state index contributed by atoms with van der Waals surface area (Å²) < 4.78 is 0. The third-order valence-electron chi connectivity index (χ3n) is 5.66. The quantitative estimate of drug-likeness (QED) is 0.630. The van der Waals surface area contributed by atoms with Crippen LogP contribution in [-0.2, 0) is 11.2 Å². The Kier molecular flexibility index (Phi) is 7.25. The molecule has 1 aliphatic rings. The van der Waals surface area contributed by atoms with Crippen molar-refractivity contribution in [1.29, 1.82) is 0 Å². The van der Waals surface area contributed by atoms with Crippen LogP contribution in [0.25, 0.3) is 0 Å². The summed E-state index contributed by atoms with van der Waals surface area (Å²) >= 11 is 0. The van der Waals surface area contributed by atoms with E-state index in [9.17, 15) is 4.79 Å². The van der Waals surface area contributed by atoms with Gasteiger partial charge in [-0.25, -0.2) is 0 Å². The van der Waals surface area contributed by atoms with Crippen LogP contribution < -0.4 is 15.1 Å². The Bertz CT molecular complexity index is 497. The number of nitrogens with one attached hydrogen (secondary N) is 3. The molecule has 1 saturated heterocycles. The molecule has 1 fully saturated rings. The number of hydrogen-bond donors (Lipinski definition) is 3. The maximum absolute atomic E-state index is 12.6. The smallest absolute Gasteiger partial charge is 0.278 e. The molecule has 0 aliphatic carbocycles. The normalized spacial score (nSPS) is 24.8. The van der Waals surface area contributed by atoms with Crippen LogP contribution in [0.15, 0.2) is 30.3 Å². The molecule has 134 valence electrons. The van der Waals surface area contributed by atoms with Gasteiger partial charge >= 0.3 is 0 Å². The highest BCUT2D eigenvalue weighted by Crippen LogP contribution is 2.05. The summed E-state index contributed by atoms with van der Waals surface area (Å²) in [5.41, 5.74) is 1.34. The van der Waals surface area contributed by atoms with Gasteiger partial charge in [0.05, 0.1) is 33.2 Å². The van der Waals surface area contributed by atoms with Crippen molar-refractivity contribution in [3.05, 3.63) is 35.9 Å². The van der Waals surface area contributed by atoms with Crippen molar-refractivity contribution < 1.29 is 14.6 Å². The molecule has 1 aliphatic heterocycles. The monoisotopic (exact) mass is 333 g/mol. The van der Waals surface area contributed by atoms with Crippen LogP contribution in [0.4, 0.5) is 0 Å². The fourth-order valence-electron chi connectivity index (χ4n) is 3.59. The largest absolute Gasteiger partial charge is 0.348 e. The van der Waals surface area contributed by atoms with Crippen molar-refractivity contribution >= 4 is 5.91 Å². The number of piperidine rings is 1. The zero-order valence-electron chi connectivity index (χ0n) is 15.8. The lowest BCUT2D eigenvalue weighted by Crippen LogP contribution is -3.21. The zero-order chi connectivity index (χ0) is 17.5. The molecular formula is C20H35N3O+2. The molecule has 0 saturated carbocycles. The van der Waals surface area contributed by atoms with E-state index in [1.165, 1.54) is 36.4 Å². The number of likely N-dealkylation sites (N-methyl/N-ethyl adjacent to an activating group) is 1. The molecule has 1 unspecified atom stereocenters. The van der Waals surface area contributed by atoms with Crippen molar-refractivity contribution in [3.63, 3.8) is 0 Å². The maximum atomic E-state index is 12.6. The van der Waals surface area contributed by atoms with Crippen LogP contribution >= 0.6 is 0 Å². The van der Waals surface area contributed by atoms with E-state index in [0.29, 0.717) is 6.04 Å². The summed E-state index contributed by atoms with van der Waals surface area (Å²) in [6.45, 7) is 6.63. The van der Waals surface area contributed by atoms with Crippen LogP contribution in [0.1, 0.15) is 38.7 Å². The number of quaternary nitrogens is 2. The average molecular weight is 334 g/mol. The minimum Gasteiger partial charge on any atom is -0.348 e. The van der Waals surface area contributed by atoms with Crippen LogP contribution in [-0.4, -0.2) is 51.2 Å². The van der Waals surface area contributed by atoms with Gasteiger partial charge in [-0.3, -0.25) is 4.79 Å².